The molecular weight excluding hydrogens is 340 g/mol. The van der Waals surface area contributed by atoms with Crippen LogP contribution in [0, 0.1) is 12.8 Å². The molecule has 1 aliphatic rings. The Hall–Kier alpha value is -2.76. The minimum absolute atomic E-state index is 0.00267. The van der Waals surface area contributed by atoms with Crippen LogP contribution in [-0.2, 0) is 11.2 Å². The summed E-state index contributed by atoms with van der Waals surface area (Å²) in [4.78, 5) is 34.7. The zero-order valence-electron chi connectivity index (χ0n) is 15.9. The summed E-state index contributed by atoms with van der Waals surface area (Å²) < 4.78 is 0. The maximum atomic E-state index is 12.7. The topological polar surface area (TPSA) is 89.2 Å². The Balaban J connectivity index is 1.75. The number of piperidine rings is 1. The van der Waals surface area contributed by atoms with Crippen LogP contribution in [0.2, 0.25) is 0 Å². The molecule has 2 heterocycles. The summed E-state index contributed by atoms with van der Waals surface area (Å²) in [6.45, 7) is 5.15. The molecule has 1 saturated heterocycles. The van der Waals surface area contributed by atoms with Crippen LogP contribution in [0.5, 0.6) is 0 Å². The molecule has 142 valence electrons. The van der Waals surface area contributed by atoms with Gasteiger partial charge in [-0.3, -0.25) is 9.59 Å². The first-order valence-corrected chi connectivity index (χ1v) is 9.51. The van der Waals surface area contributed by atoms with Crippen LogP contribution in [0.15, 0.2) is 30.5 Å². The van der Waals surface area contributed by atoms with Crippen molar-refractivity contribution >= 4 is 11.8 Å². The highest BCUT2D eigenvalue weighted by Gasteiger charge is 2.26. The van der Waals surface area contributed by atoms with Crippen molar-refractivity contribution in [3.63, 3.8) is 0 Å². The summed E-state index contributed by atoms with van der Waals surface area (Å²) in [7, 11) is 0. The van der Waals surface area contributed by atoms with Gasteiger partial charge in [-0.2, -0.15) is 0 Å². The van der Waals surface area contributed by atoms with Gasteiger partial charge in [0.1, 0.15) is 5.82 Å². The van der Waals surface area contributed by atoms with Crippen molar-refractivity contribution in [2.24, 2.45) is 11.7 Å². The van der Waals surface area contributed by atoms with Crippen molar-refractivity contribution in [2.45, 2.75) is 39.5 Å². The van der Waals surface area contributed by atoms with E-state index in [9.17, 15) is 9.59 Å². The number of aromatic nitrogens is 2. The number of amides is 2. The molecule has 2 N–H and O–H groups in total. The Morgan fingerprint density at radius 3 is 2.44 bits per heavy atom. The largest absolute Gasteiger partial charge is 0.369 e. The van der Waals surface area contributed by atoms with Crippen molar-refractivity contribution in [2.75, 3.05) is 13.1 Å². The highest BCUT2D eigenvalue weighted by Crippen LogP contribution is 2.24. The molecule has 6 nitrogen and oxygen atoms in total. The third-order valence-corrected chi connectivity index (χ3v) is 5.09. The summed E-state index contributed by atoms with van der Waals surface area (Å²) in [6, 6.07) is 7.60. The molecule has 1 aromatic carbocycles. The molecule has 1 aliphatic heterocycles. The number of carbonyl (C=O) groups excluding carboxylic acids is 2. The van der Waals surface area contributed by atoms with E-state index in [1.54, 1.807) is 4.90 Å². The number of hydrogen-bond acceptors (Lipinski definition) is 4. The van der Waals surface area contributed by atoms with Gasteiger partial charge in [0, 0.05) is 36.3 Å². The Morgan fingerprint density at radius 1 is 1.19 bits per heavy atom. The SMILES string of the molecule is CCCc1cnc(C)nc1-c1ccc(C(=O)N2CCC(C(N)=O)CC2)cc1. The quantitative estimate of drug-likeness (QED) is 0.881. The van der Waals surface area contributed by atoms with Gasteiger partial charge in [-0.1, -0.05) is 25.5 Å². The number of aryl methyl sites for hydroxylation is 2. The van der Waals surface area contributed by atoms with Crippen LogP contribution < -0.4 is 5.73 Å². The second kappa shape index (κ2) is 8.29. The third kappa shape index (κ3) is 4.32. The number of nitrogens with two attached hydrogens (primary N) is 1. The molecule has 1 fully saturated rings. The monoisotopic (exact) mass is 366 g/mol. The number of hydrogen-bond donors (Lipinski definition) is 1. The number of primary amides is 1. The predicted molar refractivity (Wildman–Crippen MR) is 104 cm³/mol. The van der Waals surface area contributed by atoms with Gasteiger partial charge >= 0.3 is 0 Å². The summed E-state index contributed by atoms with van der Waals surface area (Å²) in [5.74, 6) is 0.350. The number of benzene rings is 1. The molecule has 2 aromatic rings. The number of likely N-dealkylation sites (tertiary alicyclic amines) is 1. The molecule has 0 spiro atoms. The first-order valence-electron chi connectivity index (χ1n) is 9.51. The van der Waals surface area contributed by atoms with Crippen LogP contribution in [0.25, 0.3) is 11.3 Å². The maximum Gasteiger partial charge on any atom is 0.253 e. The van der Waals surface area contributed by atoms with Crippen molar-refractivity contribution < 1.29 is 9.59 Å². The molecule has 0 radical (unpaired) electrons. The lowest BCUT2D eigenvalue weighted by atomic mass is 9.95. The highest BCUT2D eigenvalue weighted by atomic mass is 16.2. The van der Waals surface area contributed by atoms with E-state index in [0.29, 0.717) is 31.5 Å². The molecule has 0 atom stereocenters. The predicted octanol–water partition coefficient (Wildman–Crippen LogP) is 2.74. The van der Waals surface area contributed by atoms with Gasteiger partial charge < -0.3 is 10.6 Å². The normalized spacial score (nSPS) is 15.0. The van der Waals surface area contributed by atoms with E-state index in [4.69, 9.17) is 5.73 Å². The molecule has 1 aromatic heterocycles. The van der Waals surface area contributed by atoms with E-state index in [0.717, 1.165) is 35.5 Å². The van der Waals surface area contributed by atoms with E-state index in [1.165, 1.54) is 0 Å². The maximum absolute atomic E-state index is 12.7. The molecule has 0 aliphatic carbocycles. The van der Waals surface area contributed by atoms with E-state index in [1.807, 2.05) is 37.4 Å². The van der Waals surface area contributed by atoms with Crippen LogP contribution in [0.4, 0.5) is 0 Å². The summed E-state index contributed by atoms with van der Waals surface area (Å²) in [6.07, 6.45) is 5.12. The third-order valence-electron chi connectivity index (χ3n) is 5.09. The first kappa shape index (κ1) is 19.0. The molecule has 2 amide bonds. The van der Waals surface area contributed by atoms with Crippen LogP contribution in [0.3, 0.4) is 0 Å². The number of nitrogens with zero attached hydrogens (tertiary/aromatic N) is 3. The van der Waals surface area contributed by atoms with Gasteiger partial charge in [-0.05, 0) is 43.9 Å². The van der Waals surface area contributed by atoms with Crippen LogP contribution in [-0.4, -0.2) is 39.8 Å². The average molecular weight is 366 g/mol. The van der Waals surface area contributed by atoms with Crippen molar-refractivity contribution in [3.8, 4) is 11.3 Å². The lowest BCUT2D eigenvalue weighted by molar-refractivity contribution is -0.123. The van der Waals surface area contributed by atoms with Crippen molar-refractivity contribution in [3.05, 3.63) is 47.4 Å². The molecule has 3 rings (SSSR count). The van der Waals surface area contributed by atoms with Crippen LogP contribution >= 0.6 is 0 Å². The smallest absolute Gasteiger partial charge is 0.253 e. The summed E-state index contributed by atoms with van der Waals surface area (Å²) in [5.41, 5.74) is 9.07. The first-order chi connectivity index (χ1) is 13.0. The zero-order valence-corrected chi connectivity index (χ0v) is 15.9. The van der Waals surface area contributed by atoms with Gasteiger partial charge in [-0.15, -0.1) is 0 Å². The fourth-order valence-electron chi connectivity index (χ4n) is 3.52. The highest BCUT2D eigenvalue weighted by molar-refractivity contribution is 5.95. The Bertz CT molecular complexity index is 825. The average Bonchev–Trinajstić information content (AvgIpc) is 2.69. The molecule has 6 heteroatoms. The van der Waals surface area contributed by atoms with E-state index in [2.05, 4.69) is 16.9 Å². The van der Waals surface area contributed by atoms with Gasteiger partial charge in [0.25, 0.3) is 5.91 Å². The minimum Gasteiger partial charge on any atom is -0.369 e. The molecular formula is C21H26N4O2. The minimum atomic E-state index is -0.269. The number of rotatable bonds is 5. The van der Waals surface area contributed by atoms with Gasteiger partial charge in [-0.25, -0.2) is 9.97 Å². The van der Waals surface area contributed by atoms with E-state index in [-0.39, 0.29) is 17.7 Å². The van der Waals surface area contributed by atoms with Crippen LogP contribution in [0.1, 0.15) is 47.9 Å². The van der Waals surface area contributed by atoms with Crippen molar-refractivity contribution in [1.82, 2.24) is 14.9 Å². The Labute approximate surface area is 159 Å². The Kier molecular flexibility index (Phi) is 5.84. The summed E-state index contributed by atoms with van der Waals surface area (Å²) in [5, 5.41) is 0. The molecule has 0 saturated carbocycles. The Morgan fingerprint density at radius 2 is 1.85 bits per heavy atom. The molecule has 0 unspecified atom stereocenters. The van der Waals surface area contributed by atoms with Crippen molar-refractivity contribution in [1.29, 1.82) is 0 Å². The van der Waals surface area contributed by atoms with Gasteiger partial charge in [0.2, 0.25) is 5.91 Å². The standard InChI is InChI=1S/C21H26N4O2/c1-3-4-18-13-23-14(2)24-19(18)15-5-7-17(8-6-15)21(27)25-11-9-16(10-12-25)20(22)26/h5-8,13,16H,3-4,9-12H2,1-2H3,(H2,22,26). The van der Waals surface area contributed by atoms with E-state index < -0.39 is 0 Å². The van der Waals surface area contributed by atoms with E-state index >= 15 is 0 Å². The molecule has 27 heavy (non-hydrogen) atoms. The molecule has 0 bridgehead atoms. The van der Waals surface area contributed by atoms with Gasteiger partial charge in [0.05, 0.1) is 5.69 Å². The summed E-state index contributed by atoms with van der Waals surface area (Å²) >= 11 is 0. The number of carbonyl (C=O) groups is 2. The fourth-order valence-corrected chi connectivity index (χ4v) is 3.52. The lowest BCUT2D eigenvalue weighted by Gasteiger charge is -2.30. The van der Waals surface area contributed by atoms with Gasteiger partial charge in [0.15, 0.2) is 0 Å². The lowest BCUT2D eigenvalue weighted by Crippen LogP contribution is -2.41. The second-order valence-corrected chi connectivity index (χ2v) is 7.09. The fraction of sp³-hybridized carbons (Fsp3) is 0.429. The second-order valence-electron chi connectivity index (χ2n) is 7.09. The zero-order chi connectivity index (χ0) is 19.4.